The van der Waals surface area contributed by atoms with Gasteiger partial charge in [0.05, 0.1) is 0 Å². The lowest BCUT2D eigenvalue weighted by Crippen LogP contribution is -2.48. The summed E-state index contributed by atoms with van der Waals surface area (Å²) in [5, 5.41) is 2.87. The van der Waals surface area contributed by atoms with Crippen LogP contribution >= 0.6 is 0 Å². The predicted octanol–water partition coefficient (Wildman–Crippen LogP) is 2.67. The molecule has 2 heterocycles. The van der Waals surface area contributed by atoms with Crippen molar-refractivity contribution in [2.75, 3.05) is 38.0 Å². The lowest BCUT2D eigenvalue weighted by molar-refractivity contribution is 0.0637. The van der Waals surface area contributed by atoms with Gasteiger partial charge in [0.2, 0.25) is 0 Å². The fourth-order valence-electron chi connectivity index (χ4n) is 3.14. The number of anilines is 1. The van der Waals surface area contributed by atoms with Crippen molar-refractivity contribution in [3.05, 3.63) is 59.4 Å². The van der Waals surface area contributed by atoms with Crippen molar-refractivity contribution < 1.29 is 9.59 Å². The van der Waals surface area contributed by atoms with Gasteiger partial charge in [0.25, 0.3) is 11.8 Å². The molecule has 3 rings (SSSR count). The van der Waals surface area contributed by atoms with Crippen molar-refractivity contribution in [1.82, 2.24) is 14.8 Å². The normalized spacial score (nSPS) is 14.8. The first-order chi connectivity index (χ1) is 13.1. The van der Waals surface area contributed by atoms with Gasteiger partial charge < -0.3 is 15.1 Å². The van der Waals surface area contributed by atoms with Crippen LogP contribution in [-0.2, 0) is 6.42 Å². The zero-order valence-electron chi connectivity index (χ0n) is 15.9. The molecule has 27 heavy (non-hydrogen) atoms. The lowest BCUT2D eigenvalue weighted by atomic mass is 10.1. The maximum absolute atomic E-state index is 12.7. The first kappa shape index (κ1) is 19.0. The van der Waals surface area contributed by atoms with Gasteiger partial charge in [-0.15, -0.1) is 0 Å². The third-order valence-corrected chi connectivity index (χ3v) is 4.97. The van der Waals surface area contributed by atoms with E-state index >= 15 is 0 Å². The van der Waals surface area contributed by atoms with E-state index in [2.05, 4.69) is 29.0 Å². The van der Waals surface area contributed by atoms with Crippen LogP contribution in [-0.4, -0.2) is 59.3 Å². The predicted molar refractivity (Wildman–Crippen MR) is 106 cm³/mol. The Morgan fingerprint density at radius 3 is 2.37 bits per heavy atom. The van der Waals surface area contributed by atoms with Gasteiger partial charge in [-0.25, -0.2) is 0 Å². The van der Waals surface area contributed by atoms with Gasteiger partial charge in [-0.3, -0.25) is 14.6 Å². The van der Waals surface area contributed by atoms with Crippen LogP contribution in [0.4, 0.5) is 5.69 Å². The van der Waals surface area contributed by atoms with Crippen LogP contribution in [0.15, 0.2) is 42.6 Å². The molecule has 0 atom stereocenters. The highest BCUT2D eigenvalue weighted by Gasteiger charge is 2.22. The minimum Gasteiger partial charge on any atom is -0.335 e. The summed E-state index contributed by atoms with van der Waals surface area (Å²) in [6.45, 7) is 8.33. The molecule has 2 amide bonds. The van der Waals surface area contributed by atoms with Gasteiger partial charge in [0, 0.05) is 43.6 Å². The summed E-state index contributed by atoms with van der Waals surface area (Å²) in [6, 6.07) is 11.0. The maximum atomic E-state index is 12.7. The van der Waals surface area contributed by atoms with Crippen LogP contribution in [0.2, 0.25) is 0 Å². The smallest absolute Gasteiger partial charge is 0.272 e. The average Bonchev–Trinajstić information content (AvgIpc) is 2.74. The third-order valence-electron chi connectivity index (χ3n) is 4.97. The molecule has 1 N–H and O–H groups in total. The number of aromatic nitrogens is 1. The number of carbonyl (C=O) groups is 2. The topological polar surface area (TPSA) is 65.5 Å². The number of hydrogen-bond donors (Lipinski definition) is 1. The zero-order chi connectivity index (χ0) is 19.2. The molecule has 6 heteroatoms. The molecule has 0 unspecified atom stereocenters. The minimum atomic E-state index is -0.244. The number of carbonyl (C=O) groups excluding carboxylic acids is 2. The second-order valence-corrected chi connectivity index (χ2v) is 6.66. The standard InChI is InChI=1S/C21H26N4O2/c1-3-16-5-7-18(8-6-16)23-20(26)17-9-10-22-19(15-17)21(27)25-13-11-24(4-2)12-14-25/h5-10,15H,3-4,11-14H2,1-2H3,(H,23,26). The Bertz CT molecular complexity index is 796. The van der Waals surface area contributed by atoms with E-state index in [4.69, 9.17) is 0 Å². The molecule has 0 aliphatic carbocycles. The van der Waals surface area contributed by atoms with Crippen LogP contribution < -0.4 is 5.32 Å². The van der Waals surface area contributed by atoms with E-state index in [0.29, 0.717) is 24.3 Å². The van der Waals surface area contributed by atoms with Gasteiger partial charge >= 0.3 is 0 Å². The highest BCUT2D eigenvalue weighted by Crippen LogP contribution is 2.13. The molecule has 6 nitrogen and oxygen atoms in total. The fraction of sp³-hybridized carbons (Fsp3) is 0.381. The number of benzene rings is 1. The van der Waals surface area contributed by atoms with Gasteiger partial charge in [-0.1, -0.05) is 26.0 Å². The quantitative estimate of drug-likeness (QED) is 0.884. The molecule has 1 fully saturated rings. The number of hydrogen-bond acceptors (Lipinski definition) is 4. The number of nitrogens with zero attached hydrogens (tertiary/aromatic N) is 3. The van der Waals surface area contributed by atoms with E-state index in [9.17, 15) is 9.59 Å². The molecule has 2 aromatic rings. The van der Waals surface area contributed by atoms with Gasteiger partial charge in [0.15, 0.2) is 0 Å². The molecule has 1 aliphatic rings. The van der Waals surface area contributed by atoms with Crippen molar-refractivity contribution in [2.45, 2.75) is 20.3 Å². The SMILES string of the molecule is CCc1ccc(NC(=O)c2ccnc(C(=O)N3CCN(CC)CC3)c2)cc1. The number of amides is 2. The van der Waals surface area contributed by atoms with Crippen molar-refractivity contribution >= 4 is 17.5 Å². The molecule has 0 radical (unpaired) electrons. The van der Waals surface area contributed by atoms with E-state index in [0.717, 1.165) is 31.7 Å². The summed E-state index contributed by atoms with van der Waals surface area (Å²) < 4.78 is 0. The summed E-state index contributed by atoms with van der Waals surface area (Å²) in [5.41, 5.74) is 2.69. The first-order valence-corrected chi connectivity index (χ1v) is 9.48. The molecular weight excluding hydrogens is 340 g/mol. The maximum Gasteiger partial charge on any atom is 0.272 e. The van der Waals surface area contributed by atoms with E-state index < -0.39 is 0 Å². The van der Waals surface area contributed by atoms with Crippen LogP contribution in [0.1, 0.15) is 40.3 Å². The largest absolute Gasteiger partial charge is 0.335 e. The van der Waals surface area contributed by atoms with Gasteiger partial charge in [-0.2, -0.15) is 0 Å². The summed E-state index contributed by atoms with van der Waals surface area (Å²) >= 11 is 0. The minimum absolute atomic E-state index is 0.118. The van der Waals surface area contributed by atoms with Crippen molar-refractivity contribution in [3.63, 3.8) is 0 Å². The number of likely N-dealkylation sites (N-methyl/N-ethyl adjacent to an activating group) is 1. The van der Waals surface area contributed by atoms with Crippen molar-refractivity contribution in [2.24, 2.45) is 0 Å². The second kappa shape index (κ2) is 8.77. The average molecular weight is 366 g/mol. The number of rotatable bonds is 5. The van der Waals surface area contributed by atoms with E-state index in [-0.39, 0.29) is 11.8 Å². The van der Waals surface area contributed by atoms with E-state index in [1.807, 2.05) is 24.3 Å². The Morgan fingerprint density at radius 1 is 1.04 bits per heavy atom. The van der Waals surface area contributed by atoms with Crippen molar-refractivity contribution in [1.29, 1.82) is 0 Å². The molecule has 0 bridgehead atoms. The Labute approximate surface area is 160 Å². The zero-order valence-corrected chi connectivity index (χ0v) is 15.9. The molecule has 1 aliphatic heterocycles. The summed E-state index contributed by atoms with van der Waals surface area (Å²) in [6.07, 6.45) is 2.47. The molecule has 0 saturated carbocycles. The van der Waals surface area contributed by atoms with Gasteiger partial charge in [0.1, 0.15) is 5.69 Å². The Hall–Kier alpha value is -2.73. The monoisotopic (exact) mass is 366 g/mol. The molecule has 1 saturated heterocycles. The number of aryl methyl sites for hydroxylation is 1. The summed E-state index contributed by atoms with van der Waals surface area (Å²) in [5.74, 6) is -0.362. The Morgan fingerprint density at radius 2 is 1.74 bits per heavy atom. The van der Waals surface area contributed by atoms with Crippen LogP contribution in [0.25, 0.3) is 0 Å². The number of piperazine rings is 1. The van der Waals surface area contributed by atoms with Crippen molar-refractivity contribution in [3.8, 4) is 0 Å². The van der Waals surface area contributed by atoms with Crippen LogP contribution in [0.5, 0.6) is 0 Å². The highest BCUT2D eigenvalue weighted by molar-refractivity contribution is 6.05. The third kappa shape index (κ3) is 4.71. The van der Waals surface area contributed by atoms with E-state index in [1.165, 1.54) is 11.8 Å². The summed E-state index contributed by atoms with van der Waals surface area (Å²) in [4.78, 5) is 33.5. The van der Waals surface area contributed by atoms with Crippen LogP contribution in [0, 0.1) is 0 Å². The highest BCUT2D eigenvalue weighted by atomic mass is 16.2. The summed E-state index contributed by atoms with van der Waals surface area (Å²) in [7, 11) is 0. The molecule has 1 aromatic heterocycles. The molecular formula is C21H26N4O2. The van der Waals surface area contributed by atoms with Gasteiger partial charge in [-0.05, 0) is 42.8 Å². The van der Waals surface area contributed by atoms with Crippen LogP contribution in [0.3, 0.4) is 0 Å². The molecule has 0 spiro atoms. The Balaban J connectivity index is 1.67. The number of nitrogens with one attached hydrogen (secondary N) is 1. The fourth-order valence-corrected chi connectivity index (χ4v) is 3.14. The van der Waals surface area contributed by atoms with E-state index in [1.54, 1.807) is 17.0 Å². The molecule has 142 valence electrons. The molecule has 1 aromatic carbocycles. The number of pyridine rings is 1. The first-order valence-electron chi connectivity index (χ1n) is 9.48. The lowest BCUT2D eigenvalue weighted by Gasteiger charge is -2.33. The second-order valence-electron chi connectivity index (χ2n) is 6.66. The Kier molecular flexibility index (Phi) is 6.19.